The number of fused-ring (bicyclic) bond motifs is 4. The molecule has 42 nitrogen and oxygen atoms in total. The molecular formula is C97H97FN30O12. The van der Waals surface area contributed by atoms with Crippen LogP contribution in [0.2, 0.25) is 0 Å². The second-order valence-electron chi connectivity index (χ2n) is 31.6. The molecule has 714 valence electrons. The van der Waals surface area contributed by atoms with Crippen molar-refractivity contribution in [3.8, 4) is 102 Å². The van der Waals surface area contributed by atoms with E-state index < -0.39 is 30.2 Å². The molecular weight excluding hydrogens is 1800 g/mol. The first kappa shape index (κ1) is 94.7. The molecule has 4 aromatic carbocycles. The van der Waals surface area contributed by atoms with E-state index >= 15 is 0 Å². The normalized spacial score (nSPS) is 13.7. The number of ether oxygens (including phenoxy) is 8. The van der Waals surface area contributed by atoms with Gasteiger partial charge in [-0.1, -0.05) is 12.1 Å². The predicted octanol–water partition coefficient (Wildman–Crippen LogP) is 14.8. The molecule has 0 aliphatic carbocycles. The van der Waals surface area contributed by atoms with Crippen molar-refractivity contribution in [2.24, 2.45) is 0 Å². The number of nitrogens with one attached hydrogen (secondary N) is 9. The fourth-order valence-corrected chi connectivity index (χ4v) is 15.2. The monoisotopic (exact) mass is 1890 g/mol. The van der Waals surface area contributed by atoms with Crippen molar-refractivity contribution in [3.05, 3.63) is 225 Å². The lowest BCUT2D eigenvalue weighted by Crippen LogP contribution is -2.45. The number of aromatic nitrogens is 22. The molecule has 140 heavy (non-hydrogen) atoms. The number of imidazole rings is 4. The maximum absolute atomic E-state index is 13.5. The summed E-state index contributed by atoms with van der Waals surface area (Å²) in [7, 11) is 2.14. The van der Waals surface area contributed by atoms with Crippen LogP contribution in [-0.4, -0.2) is 267 Å². The lowest BCUT2D eigenvalue weighted by molar-refractivity contribution is 0.0336. The largest absolute Gasteiger partial charge is 0.472 e. The van der Waals surface area contributed by atoms with Crippen LogP contribution in [0.25, 0.3) is 134 Å². The highest BCUT2D eigenvalue weighted by Crippen LogP contribution is 2.39. The van der Waals surface area contributed by atoms with Gasteiger partial charge in [0, 0.05) is 190 Å². The van der Waals surface area contributed by atoms with Crippen LogP contribution in [0.5, 0.6) is 11.9 Å². The Kier molecular flexibility index (Phi) is 31.1. The Hall–Kier alpha value is -17.0. The van der Waals surface area contributed by atoms with Gasteiger partial charge in [0.25, 0.3) is 0 Å². The molecule has 0 saturated carbocycles. The van der Waals surface area contributed by atoms with Crippen molar-refractivity contribution < 1.29 is 61.5 Å². The zero-order valence-electron chi connectivity index (χ0n) is 76.8. The molecule has 9 N–H and O–H groups in total. The van der Waals surface area contributed by atoms with Crippen LogP contribution in [0.15, 0.2) is 208 Å². The van der Waals surface area contributed by atoms with Crippen molar-refractivity contribution in [2.75, 3.05) is 139 Å². The number of nitrogens with zero attached hydrogens (tertiary/aromatic N) is 21. The average molecular weight is 1890 g/mol. The van der Waals surface area contributed by atoms with Crippen molar-refractivity contribution in [3.63, 3.8) is 0 Å². The molecule has 13 aromatic heterocycles. The molecule has 4 amide bonds. The third kappa shape index (κ3) is 24.8. The van der Waals surface area contributed by atoms with Crippen LogP contribution < -0.4 is 36.1 Å². The predicted molar refractivity (Wildman–Crippen MR) is 519 cm³/mol. The summed E-state index contributed by atoms with van der Waals surface area (Å²) >= 11 is 0. The van der Waals surface area contributed by atoms with Crippen LogP contribution in [0, 0.1) is 5.82 Å². The van der Waals surface area contributed by atoms with Crippen LogP contribution in [0.4, 0.5) is 53.3 Å². The zero-order chi connectivity index (χ0) is 96.5. The fraction of sp³-hybridized carbons (Fsp3) is 0.258. The van der Waals surface area contributed by atoms with Gasteiger partial charge in [0.05, 0.1) is 110 Å². The number of amides is 4. The van der Waals surface area contributed by atoms with E-state index in [2.05, 4.69) is 158 Å². The van der Waals surface area contributed by atoms with Gasteiger partial charge < -0.3 is 68.0 Å². The van der Waals surface area contributed by atoms with Crippen molar-refractivity contribution in [1.29, 1.82) is 0 Å². The quantitative estimate of drug-likeness (QED) is 0.0216. The van der Waals surface area contributed by atoms with Crippen LogP contribution >= 0.6 is 0 Å². The first-order valence-electron chi connectivity index (χ1n) is 45.2. The molecule has 0 radical (unpaired) electrons. The topological polar surface area (TPSA) is 507 Å². The number of halogens is 1. The second kappa shape index (κ2) is 46.0. The number of aromatic amines is 4. The number of benzene rings is 4. The van der Waals surface area contributed by atoms with Crippen molar-refractivity contribution >= 4 is 98.2 Å². The minimum absolute atomic E-state index is 0.0387. The van der Waals surface area contributed by atoms with Gasteiger partial charge in [-0.3, -0.25) is 46.0 Å². The number of H-pyrrole nitrogens is 4. The summed E-state index contributed by atoms with van der Waals surface area (Å²) in [5.74, 6) is 3.22. The average Bonchev–Trinajstić information content (AvgIpc) is 1.60. The number of morpholine rings is 1. The van der Waals surface area contributed by atoms with Crippen LogP contribution in [0.1, 0.15) is 45.5 Å². The maximum atomic E-state index is 13.5. The molecule has 3 aliphatic rings. The number of hydrogen-bond acceptors (Lipinski definition) is 34. The highest BCUT2D eigenvalue weighted by Gasteiger charge is 2.25. The Balaban J connectivity index is 0.000000129. The van der Waals surface area contributed by atoms with E-state index in [4.69, 9.17) is 37.9 Å². The number of hydrogen-bond donors (Lipinski definition) is 9. The second-order valence-corrected chi connectivity index (χ2v) is 31.6. The third-order valence-corrected chi connectivity index (χ3v) is 22.0. The van der Waals surface area contributed by atoms with Gasteiger partial charge in [0.1, 0.15) is 35.1 Å². The van der Waals surface area contributed by atoms with E-state index in [-0.39, 0.29) is 56.3 Å². The number of pyridine rings is 4. The first-order chi connectivity index (χ1) is 68.6. The van der Waals surface area contributed by atoms with E-state index in [1.54, 1.807) is 126 Å². The summed E-state index contributed by atoms with van der Waals surface area (Å²) in [6.45, 7) is 19.4. The molecule has 3 fully saturated rings. The maximum Gasteiger partial charge on any atom is 0.413 e. The SMILES string of the molecule is CCOC(=O)Nc1nc2c(-c3ccc(F)cn3)cc(-c3ccc(CN4CCOCC4)nc3)cc2[nH]1.CCOC(=O)Nc1nc2c(-c3ncccn3)cc(-c3ccc(OC4CCOC4)nc3)cc2[nH]1.CCOC(=O)Nc1nc2c(-c3ncccn3)cc(-c3cnc(NCc4ccccn4)nc3)cc2[nH]1.CCOC(=O)Nc1nc2c(-c3ncccn3)cc(-c3cnc(OCCN4CCN(C)CC4)nc3)cc2[nH]1. The summed E-state index contributed by atoms with van der Waals surface area (Å²) in [5, 5.41) is 13.6. The van der Waals surface area contributed by atoms with Crippen molar-refractivity contribution in [2.45, 2.75) is 53.3 Å². The number of anilines is 5. The highest BCUT2D eigenvalue weighted by molar-refractivity contribution is 6.01. The summed E-state index contributed by atoms with van der Waals surface area (Å²) in [6.07, 6.45) is 22.0. The van der Waals surface area contributed by atoms with Gasteiger partial charge in [-0.2, -0.15) is 0 Å². The number of likely N-dealkylation sites (N-methyl/N-ethyl adjacent to an activating group) is 1. The molecule has 1 unspecified atom stereocenters. The van der Waals surface area contributed by atoms with Gasteiger partial charge in [0.15, 0.2) is 17.5 Å². The molecule has 1 atom stereocenters. The number of piperazine rings is 1. The summed E-state index contributed by atoms with van der Waals surface area (Å²) in [4.78, 5) is 147. The Morgan fingerprint density at radius 1 is 0.414 bits per heavy atom. The molecule has 17 aromatic rings. The molecule has 43 heteroatoms. The molecule has 3 saturated heterocycles. The van der Waals surface area contributed by atoms with Crippen molar-refractivity contribution in [1.82, 2.24) is 124 Å². The molecule has 0 bridgehead atoms. The first-order valence-corrected chi connectivity index (χ1v) is 45.2. The van der Waals surface area contributed by atoms with Crippen LogP contribution in [0.3, 0.4) is 0 Å². The number of carbonyl (C=O) groups excluding carboxylic acids is 4. The molecule has 20 rings (SSSR count). The van der Waals surface area contributed by atoms with Crippen LogP contribution in [-0.2, 0) is 41.5 Å². The van der Waals surface area contributed by atoms with Gasteiger partial charge in [-0.25, -0.2) is 98.3 Å². The summed E-state index contributed by atoms with van der Waals surface area (Å²) in [6, 6.07) is 37.6. The molecule has 0 spiro atoms. The van der Waals surface area contributed by atoms with E-state index in [0.29, 0.717) is 128 Å². The Bertz CT molecular complexity index is 7030. The molecule has 3 aliphatic heterocycles. The Labute approximate surface area is 799 Å². The third-order valence-electron chi connectivity index (χ3n) is 22.0. The van der Waals surface area contributed by atoms with E-state index in [1.165, 1.54) is 12.3 Å². The Morgan fingerprint density at radius 2 is 0.864 bits per heavy atom. The van der Waals surface area contributed by atoms with E-state index in [0.717, 1.165) is 133 Å². The lowest BCUT2D eigenvalue weighted by atomic mass is 10.0. The summed E-state index contributed by atoms with van der Waals surface area (Å²) in [5.41, 5.74) is 17.3. The van der Waals surface area contributed by atoms with Gasteiger partial charge >= 0.3 is 30.4 Å². The van der Waals surface area contributed by atoms with Gasteiger partial charge in [0.2, 0.25) is 35.6 Å². The van der Waals surface area contributed by atoms with E-state index in [9.17, 15) is 23.6 Å². The van der Waals surface area contributed by atoms with Gasteiger partial charge in [-0.05, 0) is 160 Å². The minimum atomic E-state index is -0.603. The fourth-order valence-electron chi connectivity index (χ4n) is 15.2. The molecule has 16 heterocycles. The lowest BCUT2D eigenvalue weighted by Gasteiger charge is -2.31. The highest BCUT2D eigenvalue weighted by atomic mass is 19.1. The number of carbonyl (C=O) groups is 4. The smallest absolute Gasteiger partial charge is 0.413 e. The van der Waals surface area contributed by atoms with E-state index in [1.807, 2.05) is 97.2 Å². The zero-order valence-corrected chi connectivity index (χ0v) is 76.8. The summed E-state index contributed by atoms with van der Waals surface area (Å²) < 4.78 is 55.7. The minimum Gasteiger partial charge on any atom is -0.472 e. The Morgan fingerprint density at radius 3 is 1.29 bits per heavy atom. The standard InChI is InChI=1S/C25H25FN6O3.C25H29N9O3.C24H21N9O2.C23H22N6O4/c1-2-35-25(33)31-24-29-22-12-17(11-20(23(22)30-24)21-6-4-18(26)14-28-21)16-3-5-19(27-13-16)15-32-7-9-34-10-8-32;1-3-36-25(35)32-23-30-20-14-17(13-19(21(20)31-23)22-26-5-4-6-27-22)18-15-28-24(29-16-18)37-12-11-34-9-7-33(2)8-10-34;1-2-35-24(34)33-23-31-19-11-15(10-18(20(19)32-23)21-26-8-5-9-27-21)16-12-28-22(29-13-16)30-14-17-6-3-4-7-25-17;1-2-32-23(30)29-22-27-18-11-15(10-17(20(18)28-22)21-24-7-3-8-25-21)14-4-5-19(26-12-14)33-16-6-9-31-13-16/h3-6,11-14H,2,7-10,15H2,1H3,(H2,29,30,31,33);4-6,13-16H,3,7-12H2,1-2H3,(H2,30,31,32,35);3-13H,2,14H2,1H3,(H,28,29,30)(H2,31,32,33,34);3-5,7-8,10-12,16H,2,6,9,13H2,1H3,(H2,27,28,29,30). The van der Waals surface area contributed by atoms with Gasteiger partial charge in [-0.15, -0.1) is 0 Å². The number of rotatable bonds is 27.